The number of nitrogens with two attached hydrogens (primary N) is 1. The second-order valence-electron chi connectivity index (χ2n) is 5.15. The van der Waals surface area contributed by atoms with Gasteiger partial charge in [-0.25, -0.2) is 0 Å². The van der Waals surface area contributed by atoms with Gasteiger partial charge in [0.1, 0.15) is 5.75 Å². The van der Waals surface area contributed by atoms with Crippen LogP contribution in [-0.2, 0) is 9.53 Å². The van der Waals surface area contributed by atoms with E-state index in [0.717, 1.165) is 12.8 Å². The van der Waals surface area contributed by atoms with Gasteiger partial charge in [-0.3, -0.25) is 4.79 Å². The molecule has 0 aromatic heterocycles. The number of para-hydroxylation sites is 2. The number of hydrogen-bond acceptors (Lipinski definition) is 4. The van der Waals surface area contributed by atoms with Gasteiger partial charge in [-0.2, -0.15) is 0 Å². The monoisotopic (exact) mass is 278 g/mol. The van der Waals surface area contributed by atoms with E-state index in [4.69, 9.17) is 15.2 Å². The molecule has 5 nitrogen and oxygen atoms in total. The molecule has 1 aromatic rings. The number of rotatable bonds is 7. The third-order valence-electron chi connectivity index (χ3n) is 3.81. The number of hydrogen-bond donors (Lipinski definition) is 2. The summed E-state index contributed by atoms with van der Waals surface area (Å²) in [5.41, 5.74) is 6.20. The highest BCUT2D eigenvalue weighted by atomic mass is 16.5. The Bertz CT molecular complexity index is 453. The van der Waals surface area contributed by atoms with Crippen LogP contribution in [0.5, 0.6) is 5.75 Å². The van der Waals surface area contributed by atoms with Crippen LogP contribution in [0.3, 0.4) is 0 Å². The van der Waals surface area contributed by atoms with E-state index in [-0.39, 0.29) is 11.5 Å². The molecular formula is C15H22N2O3. The molecule has 3 N–H and O–H groups in total. The molecule has 1 aliphatic carbocycles. The van der Waals surface area contributed by atoms with Crippen LogP contribution in [0, 0.1) is 0 Å². The number of ether oxygens (including phenoxy) is 2. The van der Waals surface area contributed by atoms with Crippen molar-refractivity contribution in [2.24, 2.45) is 0 Å². The van der Waals surface area contributed by atoms with Crippen LogP contribution in [0.25, 0.3) is 0 Å². The quantitative estimate of drug-likeness (QED) is 0.745. The van der Waals surface area contributed by atoms with Crippen LogP contribution in [0.1, 0.15) is 25.7 Å². The standard InChI is InChI=1S/C15H22N2O3/c1-19-15(8-4-9-15)11-17-14(18)7-10-20-13-6-3-2-5-12(13)16/h2-3,5-6H,4,7-11,16H2,1H3,(H,17,18). The summed E-state index contributed by atoms with van der Waals surface area (Å²) in [5.74, 6) is 0.593. The predicted molar refractivity (Wildman–Crippen MR) is 77.6 cm³/mol. The fraction of sp³-hybridized carbons (Fsp3) is 0.533. The van der Waals surface area contributed by atoms with Crippen molar-refractivity contribution in [3.05, 3.63) is 24.3 Å². The fourth-order valence-corrected chi connectivity index (χ4v) is 2.24. The van der Waals surface area contributed by atoms with E-state index in [1.165, 1.54) is 6.42 Å². The Morgan fingerprint density at radius 2 is 2.15 bits per heavy atom. The number of amides is 1. The predicted octanol–water partition coefficient (Wildman–Crippen LogP) is 1.72. The first-order valence-corrected chi connectivity index (χ1v) is 6.94. The molecule has 110 valence electrons. The number of anilines is 1. The van der Waals surface area contributed by atoms with Crippen LogP contribution in [0.2, 0.25) is 0 Å². The molecule has 0 aliphatic heterocycles. The number of carbonyl (C=O) groups excluding carboxylic acids is 1. The molecule has 0 saturated heterocycles. The summed E-state index contributed by atoms with van der Waals surface area (Å²) in [6.45, 7) is 0.899. The van der Waals surface area contributed by atoms with Gasteiger partial charge in [-0.05, 0) is 31.4 Å². The van der Waals surface area contributed by atoms with Crippen LogP contribution < -0.4 is 15.8 Å². The molecule has 1 amide bonds. The van der Waals surface area contributed by atoms with Crippen molar-refractivity contribution in [3.63, 3.8) is 0 Å². The highest BCUT2D eigenvalue weighted by Crippen LogP contribution is 2.34. The van der Waals surface area contributed by atoms with E-state index < -0.39 is 0 Å². The Balaban J connectivity index is 1.67. The Labute approximate surface area is 119 Å². The van der Waals surface area contributed by atoms with E-state index in [0.29, 0.717) is 31.0 Å². The summed E-state index contributed by atoms with van der Waals surface area (Å²) in [4.78, 5) is 11.7. The van der Waals surface area contributed by atoms with Crippen molar-refractivity contribution in [2.45, 2.75) is 31.3 Å². The van der Waals surface area contributed by atoms with Crippen molar-refractivity contribution in [3.8, 4) is 5.75 Å². The van der Waals surface area contributed by atoms with E-state index >= 15 is 0 Å². The van der Waals surface area contributed by atoms with Crippen molar-refractivity contribution in [1.29, 1.82) is 0 Å². The zero-order valence-electron chi connectivity index (χ0n) is 11.9. The van der Waals surface area contributed by atoms with E-state index in [9.17, 15) is 4.79 Å². The van der Waals surface area contributed by atoms with Crippen LogP contribution in [0.15, 0.2) is 24.3 Å². The summed E-state index contributed by atoms with van der Waals surface area (Å²) < 4.78 is 10.9. The average Bonchev–Trinajstić information content (AvgIpc) is 2.40. The van der Waals surface area contributed by atoms with Gasteiger partial charge >= 0.3 is 0 Å². The normalized spacial score (nSPS) is 16.2. The zero-order valence-corrected chi connectivity index (χ0v) is 11.9. The number of methoxy groups -OCH3 is 1. The molecule has 1 saturated carbocycles. The average molecular weight is 278 g/mol. The first kappa shape index (κ1) is 14.7. The molecule has 1 aromatic carbocycles. The Morgan fingerprint density at radius 1 is 1.40 bits per heavy atom. The second kappa shape index (κ2) is 6.61. The zero-order chi connectivity index (χ0) is 14.4. The minimum Gasteiger partial charge on any atom is -0.491 e. The maximum absolute atomic E-state index is 11.7. The number of nitrogens with one attached hydrogen (secondary N) is 1. The fourth-order valence-electron chi connectivity index (χ4n) is 2.24. The highest BCUT2D eigenvalue weighted by molar-refractivity contribution is 5.76. The Morgan fingerprint density at radius 3 is 2.75 bits per heavy atom. The number of carbonyl (C=O) groups is 1. The molecule has 0 unspecified atom stereocenters. The van der Waals surface area contributed by atoms with Gasteiger partial charge in [0.05, 0.1) is 24.3 Å². The molecule has 2 rings (SSSR count). The van der Waals surface area contributed by atoms with Crippen LogP contribution >= 0.6 is 0 Å². The van der Waals surface area contributed by atoms with Gasteiger partial charge in [0, 0.05) is 13.7 Å². The van der Waals surface area contributed by atoms with Gasteiger partial charge in [-0.15, -0.1) is 0 Å². The van der Waals surface area contributed by atoms with Gasteiger partial charge in [0.15, 0.2) is 0 Å². The lowest BCUT2D eigenvalue weighted by atomic mass is 9.80. The Hall–Kier alpha value is -1.75. The molecule has 0 atom stereocenters. The van der Waals surface area contributed by atoms with Crippen molar-refractivity contribution < 1.29 is 14.3 Å². The molecule has 1 fully saturated rings. The molecule has 20 heavy (non-hydrogen) atoms. The number of nitrogen functional groups attached to an aromatic ring is 1. The lowest BCUT2D eigenvalue weighted by molar-refractivity contribution is -0.125. The van der Waals surface area contributed by atoms with Gasteiger partial charge in [0.25, 0.3) is 0 Å². The first-order valence-electron chi connectivity index (χ1n) is 6.94. The minimum atomic E-state index is -0.139. The molecule has 0 heterocycles. The third kappa shape index (κ3) is 3.63. The van der Waals surface area contributed by atoms with E-state index in [1.807, 2.05) is 12.1 Å². The summed E-state index contributed by atoms with van der Waals surface area (Å²) in [7, 11) is 1.70. The molecular weight excluding hydrogens is 256 g/mol. The smallest absolute Gasteiger partial charge is 0.223 e. The third-order valence-corrected chi connectivity index (χ3v) is 3.81. The molecule has 5 heteroatoms. The first-order chi connectivity index (χ1) is 9.65. The SMILES string of the molecule is COC1(CNC(=O)CCOc2ccccc2N)CCC1. The summed E-state index contributed by atoms with van der Waals surface area (Å²) in [6, 6.07) is 7.26. The van der Waals surface area contributed by atoms with Gasteiger partial charge < -0.3 is 20.5 Å². The number of benzene rings is 1. The maximum atomic E-state index is 11.7. The topological polar surface area (TPSA) is 73.6 Å². The van der Waals surface area contributed by atoms with Crippen molar-refractivity contribution in [1.82, 2.24) is 5.32 Å². The van der Waals surface area contributed by atoms with E-state index in [1.54, 1.807) is 19.2 Å². The molecule has 0 bridgehead atoms. The molecule has 1 aliphatic rings. The highest BCUT2D eigenvalue weighted by Gasteiger charge is 2.37. The van der Waals surface area contributed by atoms with Gasteiger partial charge in [-0.1, -0.05) is 12.1 Å². The molecule has 0 radical (unpaired) electrons. The summed E-state index contributed by atoms with van der Waals surface area (Å²) in [5, 5.41) is 2.90. The minimum absolute atomic E-state index is 0.0252. The lowest BCUT2D eigenvalue weighted by Crippen LogP contribution is -2.49. The Kier molecular flexibility index (Phi) is 4.84. The molecule has 0 spiro atoms. The van der Waals surface area contributed by atoms with Crippen LogP contribution in [-0.4, -0.2) is 31.8 Å². The largest absolute Gasteiger partial charge is 0.491 e. The summed E-state index contributed by atoms with van der Waals surface area (Å²) >= 11 is 0. The summed E-state index contributed by atoms with van der Waals surface area (Å²) in [6.07, 6.45) is 3.51. The second-order valence-corrected chi connectivity index (χ2v) is 5.15. The van der Waals surface area contributed by atoms with Crippen LogP contribution in [0.4, 0.5) is 5.69 Å². The van der Waals surface area contributed by atoms with E-state index in [2.05, 4.69) is 5.32 Å². The lowest BCUT2D eigenvalue weighted by Gasteiger charge is -2.40. The van der Waals surface area contributed by atoms with Crippen molar-refractivity contribution in [2.75, 3.05) is 26.0 Å². The van der Waals surface area contributed by atoms with Gasteiger partial charge in [0.2, 0.25) is 5.91 Å². The maximum Gasteiger partial charge on any atom is 0.223 e. The van der Waals surface area contributed by atoms with Crippen molar-refractivity contribution >= 4 is 11.6 Å².